The normalized spacial score (nSPS) is 12.8. The highest BCUT2D eigenvalue weighted by Crippen LogP contribution is 2.50. The van der Waals surface area contributed by atoms with Crippen LogP contribution in [0.5, 0.6) is 0 Å². The first-order valence-electron chi connectivity index (χ1n) is 20.2. The molecular formula is C57H41N. The molecule has 11 rings (SSSR count). The Bertz CT molecular complexity index is 3180. The summed E-state index contributed by atoms with van der Waals surface area (Å²) in [5, 5.41) is 7.60. The van der Waals surface area contributed by atoms with Crippen molar-refractivity contribution in [2.75, 3.05) is 4.90 Å². The smallest absolute Gasteiger partial charge is 0.0467 e. The molecule has 0 amide bonds. The molecule has 0 saturated heterocycles. The standard InChI is InChI=1S/C57H41N/c1-57(2)55-20-8-7-18-53(55)54-34-28-43(37-56(54)57)39-25-31-47(32-26-39)58(48-15-9-14-44(36-48)51-19-10-13-40-11-3-5-16-49(40)51)46-29-23-38(24-30-46)42-27-33-52-45(35-42)22-21-41-12-4-6-17-50(41)52/h3-37H,1-2H3. The molecule has 0 saturated carbocycles. The largest absolute Gasteiger partial charge is 0.310 e. The summed E-state index contributed by atoms with van der Waals surface area (Å²) < 4.78 is 0. The van der Waals surface area contributed by atoms with Crippen LogP contribution in [0, 0.1) is 0 Å². The van der Waals surface area contributed by atoms with E-state index in [1.54, 1.807) is 0 Å². The summed E-state index contributed by atoms with van der Waals surface area (Å²) in [6, 6.07) is 78.2. The fourth-order valence-corrected chi connectivity index (χ4v) is 9.42. The first kappa shape index (κ1) is 34.1. The molecule has 1 nitrogen and oxygen atoms in total. The van der Waals surface area contributed by atoms with Crippen molar-refractivity contribution in [3.05, 3.63) is 223 Å². The van der Waals surface area contributed by atoms with Gasteiger partial charge in [0.15, 0.2) is 0 Å². The lowest BCUT2D eigenvalue weighted by atomic mass is 9.81. The molecule has 1 aliphatic rings. The second kappa shape index (κ2) is 13.5. The number of benzene rings is 10. The van der Waals surface area contributed by atoms with Crippen molar-refractivity contribution in [1.82, 2.24) is 0 Å². The van der Waals surface area contributed by atoms with Crippen molar-refractivity contribution in [3.63, 3.8) is 0 Å². The van der Waals surface area contributed by atoms with E-state index in [9.17, 15) is 0 Å². The van der Waals surface area contributed by atoms with Crippen molar-refractivity contribution in [1.29, 1.82) is 0 Å². The number of rotatable bonds is 6. The van der Waals surface area contributed by atoms with Gasteiger partial charge in [0.25, 0.3) is 0 Å². The quantitative estimate of drug-likeness (QED) is 0.154. The molecule has 0 atom stereocenters. The maximum Gasteiger partial charge on any atom is 0.0467 e. The van der Waals surface area contributed by atoms with E-state index < -0.39 is 0 Å². The summed E-state index contributed by atoms with van der Waals surface area (Å²) in [6.45, 7) is 4.70. The fourth-order valence-electron chi connectivity index (χ4n) is 9.42. The van der Waals surface area contributed by atoms with E-state index in [1.165, 1.54) is 88.0 Å². The molecule has 1 heteroatoms. The van der Waals surface area contributed by atoms with Crippen LogP contribution in [0.4, 0.5) is 17.1 Å². The third-order valence-electron chi connectivity index (χ3n) is 12.5. The minimum atomic E-state index is -0.0405. The SMILES string of the molecule is CC1(C)c2ccccc2-c2ccc(-c3ccc(N(c4ccc(-c5ccc6c(ccc7ccccc76)c5)cc4)c4cccc(-c5cccc6ccccc56)c4)cc3)cc21. The summed E-state index contributed by atoms with van der Waals surface area (Å²) in [5.74, 6) is 0. The number of fused-ring (bicyclic) bond motifs is 7. The predicted octanol–water partition coefficient (Wildman–Crippen LogP) is 15.9. The first-order valence-corrected chi connectivity index (χ1v) is 20.2. The Balaban J connectivity index is 0.987. The minimum Gasteiger partial charge on any atom is -0.310 e. The monoisotopic (exact) mass is 739 g/mol. The van der Waals surface area contributed by atoms with Crippen LogP contribution in [-0.4, -0.2) is 0 Å². The zero-order chi connectivity index (χ0) is 38.8. The van der Waals surface area contributed by atoms with Gasteiger partial charge in [-0.3, -0.25) is 0 Å². The fraction of sp³-hybridized carbons (Fsp3) is 0.0526. The maximum atomic E-state index is 2.41. The molecule has 0 aromatic heterocycles. The average molecular weight is 740 g/mol. The van der Waals surface area contributed by atoms with Crippen molar-refractivity contribution >= 4 is 49.4 Å². The second-order valence-electron chi connectivity index (χ2n) is 16.2. The van der Waals surface area contributed by atoms with E-state index in [1.807, 2.05) is 0 Å². The highest BCUT2D eigenvalue weighted by Gasteiger charge is 2.35. The number of anilines is 3. The Hall–Kier alpha value is -7.22. The van der Waals surface area contributed by atoms with Gasteiger partial charge in [-0.15, -0.1) is 0 Å². The van der Waals surface area contributed by atoms with Crippen LogP contribution in [0.25, 0.3) is 76.8 Å². The molecule has 0 fully saturated rings. The van der Waals surface area contributed by atoms with Crippen LogP contribution in [0.15, 0.2) is 212 Å². The van der Waals surface area contributed by atoms with Gasteiger partial charge in [0.1, 0.15) is 0 Å². The van der Waals surface area contributed by atoms with Crippen LogP contribution in [-0.2, 0) is 5.41 Å². The molecular weight excluding hydrogens is 699 g/mol. The Morgan fingerprint density at radius 1 is 0.293 bits per heavy atom. The van der Waals surface area contributed by atoms with E-state index in [4.69, 9.17) is 0 Å². The van der Waals surface area contributed by atoms with E-state index in [0.717, 1.165) is 17.1 Å². The molecule has 58 heavy (non-hydrogen) atoms. The third kappa shape index (κ3) is 5.62. The molecule has 0 unspecified atom stereocenters. The topological polar surface area (TPSA) is 3.24 Å². The van der Waals surface area contributed by atoms with Crippen molar-refractivity contribution < 1.29 is 0 Å². The van der Waals surface area contributed by atoms with Gasteiger partial charge in [0.2, 0.25) is 0 Å². The zero-order valence-electron chi connectivity index (χ0n) is 32.7. The molecule has 1 aliphatic carbocycles. The van der Waals surface area contributed by atoms with Crippen LogP contribution in [0.3, 0.4) is 0 Å². The molecule has 0 N–H and O–H groups in total. The van der Waals surface area contributed by atoms with Gasteiger partial charge >= 0.3 is 0 Å². The van der Waals surface area contributed by atoms with E-state index in [-0.39, 0.29) is 5.41 Å². The van der Waals surface area contributed by atoms with E-state index in [2.05, 4.69) is 231 Å². The predicted molar refractivity (Wildman–Crippen MR) is 248 cm³/mol. The third-order valence-corrected chi connectivity index (χ3v) is 12.5. The number of hydrogen-bond acceptors (Lipinski definition) is 1. The molecule has 0 radical (unpaired) electrons. The van der Waals surface area contributed by atoms with Crippen molar-refractivity contribution in [2.45, 2.75) is 19.3 Å². The number of nitrogens with zero attached hydrogens (tertiary/aromatic N) is 1. The first-order chi connectivity index (χ1) is 28.5. The highest BCUT2D eigenvalue weighted by molar-refractivity contribution is 6.08. The maximum absolute atomic E-state index is 2.41. The van der Waals surface area contributed by atoms with Crippen LogP contribution in [0.2, 0.25) is 0 Å². The molecule has 0 spiro atoms. The van der Waals surface area contributed by atoms with Gasteiger partial charge in [0.05, 0.1) is 0 Å². The van der Waals surface area contributed by atoms with E-state index >= 15 is 0 Å². The molecule has 10 aromatic carbocycles. The van der Waals surface area contributed by atoms with Gasteiger partial charge in [-0.1, -0.05) is 178 Å². The molecule has 10 aromatic rings. The Morgan fingerprint density at radius 2 is 0.828 bits per heavy atom. The minimum absolute atomic E-state index is 0.0405. The lowest BCUT2D eigenvalue weighted by Crippen LogP contribution is -2.14. The summed E-state index contributed by atoms with van der Waals surface area (Å²) in [6.07, 6.45) is 0. The van der Waals surface area contributed by atoms with Gasteiger partial charge in [-0.2, -0.15) is 0 Å². The van der Waals surface area contributed by atoms with Crippen LogP contribution >= 0.6 is 0 Å². The Labute approximate surface area is 340 Å². The van der Waals surface area contributed by atoms with Gasteiger partial charge in [0, 0.05) is 22.5 Å². The summed E-state index contributed by atoms with van der Waals surface area (Å²) in [5.41, 5.74) is 16.1. The summed E-state index contributed by atoms with van der Waals surface area (Å²) >= 11 is 0. The van der Waals surface area contributed by atoms with Crippen LogP contribution < -0.4 is 4.90 Å². The lowest BCUT2D eigenvalue weighted by Gasteiger charge is -2.27. The summed E-state index contributed by atoms with van der Waals surface area (Å²) in [4.78, 5) is 2.39. The van der Waals surface area contributed by atoms with Crippen LogP contribution in [0.1, 0.15) is 25.0 Å². The Morgan fingerprint density at radius 3 is 1.60 bits per heavy atom. The van der Waals surface area contributed by atoms with Gasteiger partial charge in [-0.25, -0.2) is 0 Å². The Kier molecular flexibility index (Phi) is 7.91. The zero-order valence-corrected chi connectivity index (χ0v) is 32.7. The number of hydrogen-bond donors (Lipinski definition) is 0. The van der Waals surface area contributed by atoms with Gasteiger partial charge in [-0.05, 0) is 136 Å². The molecule has 0 aliphatic heterocycles. The highest BCUT2D eigenvalue weighted by atomic mass is 15.1. The average Bonchev–Trinajstić information content (AvgIpc) is 3.51. The van der Waals surface area contributed by atoms with Crippen molar-refractivity contribution in [2.24, 2.45) is 0 Å². The van der Waals surface area contributed by atoms with E-state index in [0.29, 0.717) is 0 Å². The lowest BCUT2D eigenvalue weighted by molar-refractivity contribution is 0.660. The van der Waals surface area contributed by atoms with Crippen molar-refractivity contribution in [3.8, 4) is 44.5 Å². The summed E-state index contributed by atoms with van der Waals surface area (Å²) in [7, 11) is 0. The molecule has 0 heterocycles. The molecule has 0 bridgehead atoms. The van der Waals surface area contributed by atoms with Gasteiger partial charge < -0.3 is 4.90 Å². The molecule has 274 valence electrons. The second-order valence-corrected chi connectivity index (χ2v) is 16.2.